The highest BCUT2D eigenvalue weighted by Gasteiger charge is 2.28. The molecule has 7 nitrogen and oxygen atoms in total. The molecule has 1 atom stereocenters. The van der Waals surface area contributed by atoms with Gasteiger partial charge in [0, 0.05) is 50.2 Å². The zero-order valence-corrected chi connectivity index (χ0v) is 17.8. The zero-order chi connectivity index (χ0) is 20.8. The van der Waals surface area contributed by atoms with Crippen molar-refractivity contribution >= 4 is 23.5 Å². The number of carbonyl (C=O) groups excluding carboxylic acids is 2. The summed E-state index contributed by atoms with van der Waals surface area (Å²) in [5.41, 5.74) is 2.06. The number of guanidine groups is 1. The Morgan fingerprint density at radius 2 is 2.00 bits per heavy atom. The molecule has 29 heavy (non-hydrogen) atoms. The molecular weight excluding hydrogens is 366 g/mol. The molecule has 0 aliphatic carbocycles. The van der Waals surface area contributed by atoms with Crippen LogP contribution in [0.1, 0.15) is 45.6 Å². The lowest BCUT2D eigenvalue weighted by Gasteiger charge is -2.20. The van der Waals surface area contributed by atoms with Gasteiger partial charge in [0.05, 0.1) is 6.54 Å². The first-order valence-corrected chi connectivity index (χ1v) is 10.7. The second-order valence-electron chi connectivity index (χ2n) is 8.08. The van der Waals surface area contributed by atoms with Gasteiger partial charge in [-0.1, -0.05) is 26.0 Å². The van der Waals surface area contributed by atoms with Crippen LogP contribution in [0, 0.1) is 5.92 Å². The van der Waals surface area contributed by atoms with Gasteiger partial charge < -0.3 is 20.4 Å². The van der Waals surface area contributed by atoms with Crippen LogP contribution in [0.5, 0.6) is 0 Å². The quantitative estimate of drug-likeness (QED) is 0.568. The summed E-state index contributed by atoms with van der Waals surface area (Å²) in [5, 5.41) is 6.76. The van der Waals surface area contributed by atoms with E-state index < -0.39 is 0 Å². The standard InChI is InChI=1S/C22H33N5O2/c1-4-23-22(25-18-11-13-26(15-18)21(29)16(2)3)24-14-17-7-9-19(10-8-17)27-12-5-6-20(27)28/h7-10,16,18H,4-6,11-15H2,1-3H3,(H2,23,24,25). The second-order valence-corrected chi connectivity index (χ2v) is 8.08. The van der Waals surface area contributed by atoms with Crippen molar-refractivity contribution in [2.75, 3.05) is 31.1 Å². The normalized spacial score (nSPS) is 19.9. The van der Waals surface area contributed by atoms with E-state index in [0.29, 0.717) is 13.0 Å². The van der Waals surface area contributed by atoms with Gasteiger partial charge >= 0.3 is 0 Å². The smallest absolute Gasteiger partial charge is 0.227 e. The summed E-state index contributed by atoms with van der Waals surface area (Å²) < 4.78 is 0. The van der Waals surface area contributed by atoms with Gasteiger partial charge in [-0.25, -0.2) is 4.99 Å². The molecule has 2 fully saturated rings. The fraction of sp³-hybridized carbons (Fsp3) is 0.591. The van der Waals surface area contributed by atoms with Crippen LogP contribution in [0.3, 0.4) is 0 Å². The number of likely N-dealkylation sites (tertiary alicyclic amines) is 1. The van der Waals surface area contributed by atoms with Crippen LogP contribution in [-0.2, 0) is 16.1 Å². The van der Waals surface area contributed by atoms with Crippen molar-refractivity contribution in [3.63, 3.8) is 0 Å². The predicted octanol–water partition coefficient (Wildman–Crippen LogP) is 2.13. The van der Waals surface area contributed by atoms with Gasteiger partial charge in [-0.15, -0.1) is 0 Å². The van der Waals surface area contributed by atoms with Gasteiger partial charge in [0.1, 0.15) is 0 Å². The van der Waals surface area contributed by atoms with E-state index in [0.717, 1.165) is 56.2 Å². The Hall–Kier alpha value is -2.57. The Bertz CT molecular complexity index is 744. The molecule has 2 amide bonds. The van der Waals surface area contributed by atoms with Crippen LogP contribution < -0.4 is 15.5 Å². The molecule has 1 aromatic carbocycles. The first-order chi connectivity index (χ1) is 14.0. The van der Waals surface area contributed by atoms with E-state index in [9.17, 15) is 9.59 Å². The zero-order valence-electron chi connectivity index (χ0n) is 17.8. The molecule has 0 spiro atoms. The monoisotopic (exact) mass is 399 g/mol. The van der Waals surface area contributed by atoms with Crippen LogP contribution >= 0.6 is 0 Å². The topological polar surface area (TPSA) is 77.0 Å². The van der Waals surface area contributed by atoms with Crippen LogP contribution in [-0.4, -0.2) is 54.9 Å². The lowest BCUT2D eigenvalue weighted by atomic mass is 10.2. The van der Waals surface area contributed by atoms with Gasteiger partial charge in [-0.2, -0.15) is 0 Å². The van der Waals surface area contributed by atoms with Gasteiger partial charge in [0.25, 0.3) is 0 Å². The molecule has 2 saturated heterocycles. The second kappa shape index (κ2) is 9.76. The van der Waals surface area contributed by atoms with E-state index in [2.05, 4.69) is 10.6 Å². The number of anilines is 1. The number of amides is 2. The van der Waals surface area contributed by atoms with E-state index in [4.69, 9.17) is 4.99 Å². The first-order valence-electron chi connectivity index (χ1n) is 10.7. The lowest BCUT2D eigenvalue weighted by molar-refractivity contribution is -0.133. The fourth-order valence-corrected chi connectivity index (χ4v) is 3.83. The predicted molar refractivity (Wildman–Crippen MR) is 116 cm³/mol. The third kappa shape index (κ3) is 5.49. The third-order valence-electron chi connectivity index (χ3n) is 5.42. The maximum Gasteiger partial charge on any atom is 0.227 e. The minimum Gasteiger partial charge on any atom is -0.357 e. The molecule has 2 N–H and O–H groups in total. The maximum atomic E-state index is 12.2. The molecule has 158 valence electrons. The Labute approximate surface area is 173 Å². The minimum absolute atomic E-state index is 0.0366. The number of carbonyl (C=O) groups is 2. The van der Waals surface area contributed by atoms with E-state index in [-0.39, 0.29) is 23.8 Å². The van der Waals surface area contributed by atoms with Gasteiger partial charge in [0.15, 0.2) is 5.96 Å². The highest BCUT2D eigenvalue weighted by Crippen LogP contribution is 2.21. The summed E-state index contributed by atoms with van der Waals surface area (Å²) in [5.74, 6) is 1.23. The summed E-state index contributed by atoms with van der Waals surface area (Å²) in [6.45, 7) is 9.60. The van der Waals surface area contributed by atoms with E-state index in [1.165, 1.54) is 0 Å². The molecular formula is C22H33N5O2. The Morgan fingerprint density at radius 3 is 2.62 bits per heavy atom. The average Bonchev–Trinajstić information content (AvgIpc) is 3.35. The first kappa shape index (κ1) is 21.1. The van der Waals surface area contributed by atoms with Gasteiger partial charge in [-0.05, 0) is 37.5 Å². The van der Waals surface area contributed by atoms with Crippen LogP contribution in [0.15, 0.2) is 29.3 Å². The van der Waals surface area contributed by atoms with Crippen molar-refractivity contribution in [3.05, 3.63) is 29.8 Å². The number of nitrogens with zero attached hydrogens (tertiary/aromatic N) is 3. The number of nitrogens with one attached hydrogen (secondary N) is 2. The number of rotatable bonds is 6. The lowest BCUT2D eigenvalue weighted by Crippen LogP contribution is -2.45. The largest absolute Gasteiger partial charge is 0.357 e. The van der Waals surface area contributed by atoms with Crippen molar-refractivity contribution < 1.29 is 9.59 Å². The number of hydrogen-bond donors (Lipinski definition) is 2. The van der Waals surface area contributed by atoms with E-state index in [1.807, 2.05) is 54.8 Å². The number of aliphatic imine (C=N–C) groups is 1. The van der Waals surface area contributed by atoms with Crippen LogP contribution in [0.4, 0.5) is 5.69 Å². The average molecular weight is 400 g/mol. The molecule has 2 heterocycles. The third-order valence-corrected chi connectivity index (χ3v) is 5.42. The highest BCUT2D eigenvalue weighted by molar-refractivity contribution is 5.95. The molecule has 0 radical (unpaired) electrons. The molecule has 3 rings (SSSR count). The van der Waals surface area contributed by atoms with Crippen molar-refractivity contribution in [2.45, 2.75) is 52.6 Å². The van der Waals surface area contributed by atoms with Gasteiger partial charge in [-0.3, -0.25) is 9.59 Å². The van der Waals surface area contributed by atoms with Crippen molar-refractivity contribution in [1.82, 2.24) is 15.5 Å². The van der Waals surface area contributed by atoms with Crippen LogP contribution in [0.25, 0.3) is 0 Å². The summed E-state index contributed by atoms with van der Waals surface area (Å²) in [6, 6.07) is 8.29. The van der Waals surface area contributed by atoms with Crippen molar-refractivity contribution in [2.24, 2.45) is 10.9 Å². The Morgan fingerprint density at radius 1 is 1.24 bits per heavy atom. The fourth-order valence-electron chi connectivity index (χ4n) is 3.83. The molecule has 0 aromatic heterocycles. The minimum atomic E-state index is 0.0366. The summed E-state index contributed by atoms with van der Waals surface area (Å²) >= 11 is 0. The van der Waals surface area contributed by atoms with E-state index in [1.54, 1.807) is 0 Å². The highest BCUT2D eigenvalue weighted by atomic mass is 16.2. The summed E-state index contributed by atoms with van der Waals surface area (Å²) in [7, 11) is 0. The van der Waals surface area contributed by atoms with Crippen molar-refractivity contribution in [1.29, 1.82) is 0 Å². The molecule has 0 bridgehead atoms. The molecule has 1 unspecified atom stereocenters. The Kier molecular flexibility index (Phi) is 7.12. The molecule has 2 aliphatic heterocycles. The Balaban J connectivity index is 1.56. The SMILES string of the molecule is CCNC(=NCc1ccc(N2CCCC2=O)cc1)NC1CCN(C(=O)C(C)C)C1. The summed E-state index contributed by atoms with van der Waals surface area (Å²) in [4.78, 5) is 32.6. The van der Waals surface area contributed by atoms with E-state index >= 15 is 0 Å². The molecule has 7 heteroatoms. The number of hydrogen-bond acceptors (Lipinski definition) is 3. The van der Waals surface area contributed by atoms with Gasteiger partial charge in [0.2, 0.25) is 11.8 Å². The van der Waals surface area contributed by atoms with Crippen molar-refractivity contribution in [3.8, 4) is 0 Å². The molecule has 0 saturated carbocycles. The van der Waals surface area contributed by atoms with Crippen LogP contribution in [0.2, 0.25) is 0 Å². The molecule has 1 aromatic rings. The molecule has 2 aliphatic rings. The summed E-state index contributed by atoms with van der Waals surface area (Å²) in [6.07, 6.45) is 2.51. The maximum absolute atomic E-state index is 12.2. The number of benzene rings is 1.